The topological polar surface area (TPSA) is 194 Å². The van der Waals surface area contributed by atoms with E-state index in [1.54, 1.807) is 51.1 Å². The van der Waals surface area contributed by atoms with Crippen molar-refractivity contribution in [2.75, 3.05) is 0 Å². The molecule has 35 heavy (non-hydrogen) atoms. The zero-order valence-corrected chi connectivity index (χ0v) is 20.6. The first-order valence-corrected chi connectivity index (χ1v) is 11.6. The number of hydrogen-bond donors (Lipinski definition) is 6. The van der Waals surface area contributed by atoms with Crippen LogP contribution in [0.4, 0.5) is 0 Å². The molecule has 8 N–H and O–H groups in total. The van der Waals surface area contributed by atoms with Crippen LogP contribution in [0.3, 0.4) is 0 Å². The first-order chi connectivity index (χ1) is 16.4. The molecule has 0 saturated carbocycles. The monoisotopic (exact) mass is 491 g/mol. The molecule has 5 unspecified atom stereocenters. The van der Waals surface area contributed by atoms with Gasteiger partial charge in [-0.3, -0.25) is 19.2 Å². The first-order valence-electron chi connectivity index (χ1n) is 11.6. The molecule has 11 heteroatoms. The molecular weight excluding hydrogens is 454 g/mol. The molecule has 5 atom stereocenters. The second kappa shape index (κ2) is 14.1. The van der Waals surface area contributed by atoms with Gasteiger partial charge in [0.05, 0.1) is 12.5 Å². The Morgan fingerprint density at radius 2 is 1.43 bits per heavy atom. The summed E-state index contributed by atoms with van der Waals surface area (Å²) in [6.07, 6.45) is 0.169. The van der Waals surface area contributed by atoms with Crippen molar-refractivity contribution in [1.82, 2.24) is 16.0 Å². The van der Waals surface area contributed by atoms with Gasteiger partial charge in [-0.15, -0.1) is 0 Å². The minimum Gasteiger partial charge on any atom is -0.480 e. The molecule has 0 aromatic heterocycles. The summed E-state index contributed by atoms with van der Waals surface area (Å²) in [4.78, 5) is 61.8. The minimum atomic E-state index is -1.36. The van der Waals surface area contributed by atoms with Crippen LogP contribution in [0.1, 0.15) is 46.1 Å². The molecule has 11 nitrogen and oxygen atoms in total. The molecule has 0 aliphatic rings. The molecular formula is C24H37N5O6. The number of hydrogen-bond acceptors (Lipinski definition) is 6. The van der Waals surface area contributed by atoms with E-state index >= 15 is 0 Å². The summed E-state index contributed by atoms with van der Waals surface area (Å²) < 4.78 is 0. The minimum absolute atomic E-state index is 0.0481. The summed E-state index contributed by atoms with van der Waals surface area (Å²) in [6, 6.07) is 4.17. The fourth-order valence-corrected chi connectivity index (χ4v) is 3.29. The summed E-state index contributed by atoms with van der Waals surface area (Å²) in [5.41, 5.74) is 11.9. The summed E-state index contributed by atoms with van der Waals surface area (Å²) in [7, 11) is 0. The van der Waals surface area contributed by atoms with E-state index in [9.17, 15) is 29.1 Å². The van der Waals surface area contributed by atoms with Crippen molar-refractivity contribution in [3.63, 3.8) is 0 Å². The first kappa shape index (κ1) is 29.6. The number of benzene rings is 1. The Hall–Kier alpha value is -3.47. The third-order valence-corrected chi connectivity index (χ3v) is 5.74. The van der Waals surface area contributed by atoms with Gasteiger partial charge in [0.1, 0.15) is 18.1 Å². The van der Waals surface area contributed by atoms with Crippen LogP contribution < -0.4 is 27.4 Å². The number of rotatable bonds is 14. The van der Waals surface area contributed by atoms with Crippen molar-refractivity contribution in [3.8, 4) is 0 Å². The summed E-state index contributed by atoms with van der Waals surface area (Å²) >= 11 is 0. The Morgan fingerprint density at radius 3 is 1.91 bits per heavy atom. The highest BCUT2D eigenvalue weighted by Gasteiger charge is 2.32. The van der Waals surface area contributed by atoms with E-state index in [2.05, 4.69) is 16.0 Å². The SMILES string of the molecule is CCC(C)C(N)C(=O)NC(CC(N)=O)C(=O)NC(Cc1ccccc1)C(=O)NC(C(=O)O)C(C)C. The van der Waals surface area contributed by atoms with E-state index in [-0.39, 0.29) is 12.3 Å². The fraction of sp³-hybridized carbons (Fsp3) is 0.542. The number of nitrogens with two attached hydrogens (primary N) is 2. The normalized spacial score (nSPS) is 15.3. The zero-order valence-electron chi connectivity index (χ0n) is 20.6. The van der Waals surface area contributed by atoms with E-state index in [0.717, 1.165) is 0 Å². The van der Waals surface area contributed by atoms with E-state index in [4.69, 9.17) is 11.5 Å². The molecule has 0 aliphatic heterocycles. The molecule has 0 saturated heterocycles. The molecule has 1 aromatic carbocycles. The molecule has 0 heterocycles. The van der Waals surface area contributed by atoms with Crippen LogP contribution in [-0.4, -0.2) is 58.9 Å². The highest BCUT2D eigenvalue weighted by atomic mass is 16.4. The summed E-state index contributed by atoms with van der Waals surface area (Å²) in [6.45, 7) is 6.92. The molecule has 0 aliphatic carbocycles. The number of carboxylic acids is 1. The van der Waals surface area contributed by atoms with E-state index in [0.29, 0.717) is 12.0 Å². The fourth-order valence-electron chi connectivity index (χ4n) is 3.29. The number of aliphatic carboxylic acids is 1. The van der Waals surface area contributed by atoms with E-state index in [1.165, 1.54) is 0 Å². The molecule has 4 amide bonds. The average Bonchev–Trinajstić information content (AvgIpc) is 2.80. The van der Waals surface area contributed by atoms with Gasteiger partial charge in [-0.1, -0.05) is 64.4 Å². The predicted molar refractivity (Wildman–Crippen MR) is 130 cm³/mol. The Bertz CT molecular complexity index is 892. The third-order valence-electron chi connectivity index (χ3n) is 5.74. The van der Waals surface area contributed by atoms with E-state index < -0.39 is 66.1 Å². The van der Waals surface area contributed by atoms with Crippen LogP contribution in [0.2, 0.25) is 0 Å². The molecule has 1 aromatic rings. The van der Waals surface area contributed by atoms with Gasteiger partial charge in [-0.05, 0) is 17.4 Å². The molecule has 0 spiro atoms. The lowest BCUT2D eigenvalue weighted by Gasteiger charge is -2.26. The van der Waals surface area contributed by atoms with Gasteiger partial charge in [0.2, 0.25) is 23.6 Å². The molecule has 0 fully saturated rings. The van der Waals surface area contributed by atoms with Crippen LogP contribution in [0.5, 0.6) is 0 Å². The van der Waals surface area contributed by atoms with E-state index in [1.807, 2.05) is 6.92 Å². The van der Waals surface area contributed by atoms with Gasteiger partial charge in [0, 0.05) is 6.42 Å². The summed E-state index contributed by atoms with van der Waals surface area (Å²) in [5, 5.41) is 16.9. The van der Waals surface area contributed by atoms with Crippen molar-refractivity contribution in [3.05, 3.63) is 35.9 Å². The second-order valence-electron chi connectivity index (χ2n) is 8.96. The average molecular weight is 492 g/mol. The Balaban J connectivity index is 3.14. The number of amides is 4. The number of nitrogens with one attached hydrogen (secondary N) is 3. The lowest BCUT2D eigenvalue weighted by molar-refractivity contribution is -0.143. The molecule has 0 bridgehead atoms. The van der Waals surface area contributed by atoms with Crippen LogP contribution in [0.15, 0.2) is 30.3 Å². The van der Waals surface area contributed by atoms with Gasteiger partial charge >= 0.3 is 5.97 Å². The molecule has 1 rings (SSSR count). The Morgan fingerprint density at radius 1 is 0.886 bits per heavy atom. The number of carbonyl (C=O) groups excluding carboxylic acids is 4. The van der Waals surface area contributed by atoms with Gasteiger partial charge < -0.3 is 32.5 Å². The van der Waals surface area contributed by atoms with Gasteiger partial charge in [0.15, 0.2) is 0 Å². The maximum absolute atomic E-state index is 13.1. The van der Waals surface area contributed by atoms with Crippen LogP contribution >= 0.6 is 0 Å². The molecule has 194 valence electrons. The maximum Gasteiger partial charge on any atom is 0.326 e. The standard InChI is InChI=1S/C24H37N5O6/c1-5-14(4)19(26)23(33)28-17(12-18(25)30)21(31)27-16(11-15-9-7-6-8-10-15)22(32)29-20(13(2)3)24(34)35/h6-10,13-14,16-17,19-20H,5,11-12,26H2,1-4H3,(H2,25,30)(H,27,31)(H,28,33)(H,29,32)(H,34,35). The predicted octanol–water partition coefficient (Wildman–Crippen LogP) is -0.327. The summed E-state index contributed by atoms with van der Waals surface area (Å²) in [5.74, 6) is -4.80. The number of carboxylic acid groups (broad SMARTS) is 1. The van der Waals surface area contributed by atoms with Crippen LogP contribution in [0.25, 0.3) is 0 Å². The molecule has 0 radical (unpaired) electrons. The van der Waals surface area contributed by atoms with Gasteiger partial charge in [0.25, 0.3) is 0 Å². The third kappa shape index (κ3) is 9.73. The van der Waals surface area contributed by atoms with Crippen molar-refractivity contribution in [1.29, 1.82) is 0 Å². The van der Waals surface area contributed by atoms with Crippen LogP contribution in [-0.2, 0) is 30.4 Å². The quantitative estimate of drug-likeness (QED) is 0.205. The van der Waals surface area contributed by atoms with Gasteiger partial charge in [-0.25, -0.2) is 4.79 Å². The highest BCUT2D eigenvalue weighted by molar-refractivity contribution is 5.96. The van der Waals surface area contributed by atoms with Crippen LogP contribution in [0, 0.1) is 11.8 Å². The maximum atomic E-state index is 13.1. The second-order valence-corrected chi connectivity index (χ2v) is 8.96. The lowest BCUT2D eigenvalue weighted by Crippen LogP contribution is -2.59. The van der Waals surface area contributed by atoms with Crippen molar-refractivity contribution in [2.24, 2.45) is 23.3 Å². The highest BCUT2D eigenvalue weighted by Crippen LogP contribution is 2.09. The Kier molecular flexibility index (Phi) is 11.9. The number of carbonyl (C=O) groups is 5. The zero-order chi connectivity index (χ0) is 26.7. The number of primary amides is 1. The van der Waals surface area contributed by atoms with Gasteiger partial charge in [-0.2, -0.15) is 0 Å². The smallest absolute Gasteiger partial charge is 0.326 e. The largest absolute Gasteiger partial charge is 0.480 e. The van der Waals surface area contributed by atoms with Crippen molar-refractivity contribution < 1.29 is 29.1 Å². The van der Waals surface area contributed by atoms with Crippen molar-refractivity contribution >= 4 is 29.6 Å². The van der Waals surface area contributed by atoms with Crippen molar-refractivity contribution in [2.45, 2.75) is 71.1 Å². The lowest BCUT2D eigenvalue weighted by atomic mass is 9.98. The Labute approximate surface area is 205 Å².